The Hall–Kier alpha value is -1.35. The quantitative estimate of drug-likeness (QED) is 0.813. The van der Waals surface area contributed by atoms with E-state index in [-0.39, 0.29) is 12.0 Å². The minimum absolute atomic E-state index is 0.0268. The Morgan fingerprint density at radius 2 is 2.40 bits per heavy atom. The molecule has 0 aliphatic heterocycles. The van der Waals surface area contributed by atoms with Crippen LogP contribution in [0.3, 0.4) is 0 Å². The third-order valence-corrected chi connectivity index (χ3v) is 3.64. The second kappa shape index (κ2) is 2.83. The standard InChI is InChI=1S/C12H13NO2/c1-8-5-12(8,6-14)9-2-3-10-11(4-9)15-7-13-10/h2-4,7-8,14H,5-6H2,1H3. The molecule has 15 heavy (non-hydrogen) atoms. The van der Waals surface area contributed by atoms with Crippen molar-refractivity contribution in [1.82, 2.24) is 4.98 Å². The maximum absolute atomic E-state index is 9.46. The number of rotatable bonds is 2. The fourth-order valence-electron chi connectivity index (χ4n) is 2.37. The first kappa shape index (κ1) is 8.92. The predicted octanol–water partition coefficient (Wildman–Crippen LogP) is 2.10. The van der Waals surface area contributed by atoms with Crippen molar-refractivity contribution >= 4 is 11.1 Å². The zero-order chi connectivity index (χ0) is 10.5. The van der Waals surface area contributed by atoms with Gasteiger partial charge in [0.15, 0.2) is 12.0 Å². The van der Waals surface area contributed by atoms with Gasteiger partial charge in [-0.25, -0.2) is 4.98 Å². The van der Waals surface area contributed by atoms with E-state index in [4.69, 9.17) is 4.42 Å². The van der Waals surface area contributed by atoms with Crippen LogP contribution in [-0.4, -0.2) is 16.7 Å². The lowest BCUT2D eigenvalue weighted by molar-refractivity contribution is 0.247. The molecular weight excluding hydrogens is 190 g/mol. The molecule has 2 atom stereocenters. The van der Waals surface area contributed by atoms with Crippen LogP contribution in [0.5, 0.6) is 0 Å². The second-order valence-corrected chi connectivity index (χ2v) is 4.45. The Kier molecular flexibility index (Phi) is 1.68. The largest absolute Gasteiger partial charge is 0.443 e. The number of oxazole rings is 1. The van der Waals surface area contributed by atoms with Crippen LogP contribution < -0.4 is 0 Å². The van der Waals surface area contributed by atoms with E-state index in [0.29, 0.717) is 5.92 Å². The SMILES string of the molecule is CC1CC1(CO)c1ccc2ncoc2c1. The van der Waals surface area contributed by atoms with E-state index in [1.165, 1.54) is 12.0 Å². The highest BCUT2D eigenvalue weighted by Crippen LogP contribution is 2.53. The second-order valence-electron chi connectivity index (χ2n) is 4.45. The Morgan fingerprint density at radius 3 is 3.07 bits per heavy atom. The van der Waals surface area contributed by atoms with Crippen LogP contribution in [0.15, 0.2) is 29.0 Å². The molecular formula is C12H13NO2. The molecule has 1 heterocycles. The van der Waals surface area contributed by atoms with Gasteiger partial charge in [0.05, 0.1) is 6.61 Å². The summed E-state index contributed by atoms with van der Waals surface area (Å²) in [4.78, 5) is 4.08. The molecule has 2 unspecified atom stereocenters. The summed E-state index contributed by atoms with van der Waals surface area (Å²) in [5.41, 5.74) is 2.82. The molecule has 0 spiro atoms. The summed E-state index contributed by atoms with van der Waals surface area (Å²) in [5, 5.41) is 9.46. The van der Waals surface area contributed by atoms with Crippen LogP contribution in [0.25, 0.3) is 11.1 Å². The maximum Gasteiger partial charge on any atom is 0.181 e. The van der Waals surface area contributed by atoms with E-state index >= 15 is 0 Å². The van der Waals surface area contributed by atoms with Gasteiger partial charge >= 0.3 is 0 Å². The number of nitrogens with zero attached hydrogens (tertiary/aromatic N) is 1. The van der Waals surface area contributed by atoms with E-state index in [2.05, 4.69) is 11.9 Å². The van der Waals surface area contributed by atoms with Gasteiger partial charge in [-0.15, -0.1) is 0 Å². The molecule has 1 fully saturated rings. The molecule has 3 rings (SSSR count). The maximum atomic E-state index is 9.46. The molecule has 1 aromatic heterocycles. The third-order valence-electron chi connectivity index (χ3n) is 3.64. The van der Waals surface area contributed by atoms with Crippen molar-refractivity contribution in [2.24, 2.45) is 5.92 Å². The van der Waals surface area contributed by atoms with Crippen molar-refractivity contribution in [2.45, 2.75) is 18.8 Å². The Bertz CT molecular complexity index is 501. The van der Waals surface area contributed by atoms with E-state index < -0.39 is 0 Å². The molecule has 2 aromatic rings. The van der Waals surface area contributed by atoms with Gasteiger partial charge in [0.25, 0.3) is 0 Å². The van der Waals surface area contributed by atoms with E-state index in [9.17, 15) is 5.11 Å². The number of fused-ring (bicyclic) bond motifs is 1. The average Bonchev–Trinajstić information content (AvgIpc) is 2.74. The highest BCUT2D eigenvalue weighted by atomic mass is 16.3. The molecule has 0 saturated heterocycles. The van der Waals surface area contributed by atoms with E-state index in [0.717, 1.165) is 17.5 Å². The Labute approximate surface area is 87.7 Å². The number of hydrogen-bond donors (Lipinski definition) is 1. The van der Waals surface area contributed by atoms with Gasteiger partial charge in [-0.1, -0.05) is 13.0 Å². The van der Waals surface area contributed by atoms with E-state index in [1.54, 1.807) is 0 Å². The highest BCUT2D eigenvalue weighted by molar-refractivity contribution is 5.73. The van der Waals surface area contributed by atoms with Gasteiger partial charge in [0.1, 0.15) is 5.52 Å². The summed E-state index contributed by atoms with van der Waals surface area (Å²) in [5.74, 6) is 0.558. The normalized spacial score (nSPS) is 29.6. The number of aromatic nitrogens is 1. The molecule has 1 N–H and O–H groups in total. The number of aliphatic hydroxyl groups excluding tert-OH is 1. The predicted molar refractivity (Wildman–Crippen MR) is 56.6 cm³/mol. The molecule has 1 aliphatic carbocycles. The Morgan fingerprint density at radius 1 is 1.60 bits per heavy atom. The number of benzene rings is 1. The summed E-state index contributed by atoms with van der Waals surface area (Å²) in [7, 11) is 0. The van der Waals surface area contributed by atoms with Crippen LogP contribution in [0.1, 0.15) is 18.9 Å². The molecule has 3 heteroatoms. The van der Waals surface area contributed by atoms with Crippen molar-refractivity contribution in [3.8, 4) is 0 Å². The molecule has 78 valence electrons. The minimum atomic E-state index is -0.0268. The Balaban J connectivity index is 2.11. The smallest absolute Gasteiger partial charge is 0.181 e. The van der Waals surface area contributed by atoms with Crippen molar-refractivity contribution in [3.05, 3.63) is 30.2 Å². The van der Waals surface area contributed by atoms with Crippen LogP contribution in [-0.2, 0) is 5.41 Å². The topological polar surface area (TPSA) is 46.3 Å². The van der Waals surface area contributed by atoms with Gasteiger partial charge in [-0.3, -0.25) is 0 Å². The van der Waals surface area contributed by atoms with Crippen molar-refractivity contribution in [3.63, 3.8) is 0 Å². The third kappa shape index (κ3) is 1.13. The first-order valence-corrected chi connectivity index (χ1v) is 5.21. The van der Waals surface area contributed by atoms with Gasteiger partial charge in [0, 0.05) is 5.41 Å². The monoisotopic (exact) mass is 203 g/mol. The first-order chi connectivity index (χ1) is 7.26. The summed E-state index contributed by atoms with van der Waals surface area (Å²) < 4.78 is 5.27. The molecule has 3 nitrogen and oxygen atoms in total. The summed E-state index contributed by atoms with van der Waals surface area (Å²) in [6.07, 6.45) is 2.51. The molecule has 1 aliphatic rings. The van der Waals surface area contributed by atoms with Gasteiger partial charge in [-0.2, -0.15) is 0 Å². The van der Waals surface area contributed by atoms with Crippen LogP contribution in [0.2, 0.25) is 0 Å². The summed E-state index contributed by atoms with van der Waals surface area (Å²) in [6.45, 7) is 2.38. The molecule has 0 bridgehead atoms. The lowest BCUT2D eigenvalue weighted by atomic mass is 9.94. The number of aliphatic hydroxyl groups is 1. The van der Waals surface area contributed by atoms with Crippen molar-refractivity contribution in [1.29, 1.82) is 0 Å². The van der Waals surface area contributed by atoms with Gasteiger partial charge < -0.3 is 9.52 Å². The van der Waals surface area contributed by atoms with Crippen molar-refractivity contribution < 1.29 is 9.52 Å². The minimum Gasteiger partial charge on any atom is -0.443 e. The van der Waals surface area contributed by atoms with Gasteiger partial charge in [-0.05, 0) is 30.0 Å². The lowest BCUT2D eigenvalue weighted by Crippen LogP contribution is -2.14. The fraction of sp³-hybridized carbons (Fsp3) is 0.417. The van der Waals surface area contributed by atoms with Crippen molar-refractivity contribution in [2.75, 3.05) is 6.61 Å². The summed E-state index contributed by atoms with van der Waals surface area (Å²) in [6, 6.07) is 6.00. The molecule has 0 radical (unpaired) electrons. The van der Waals surface area contributed by atoms with Crippen LogP contribution in [0, 0.1) is 5.92 Å². The molecule has 1 aromatic carbocycles. The zero-order valence-corrected chi connectivity index (χ0v) is 8.60. The van der Waals surface area contributed by atoms with Crippen LogP contribution in [0.4, 0.5) is 0 Å². The lowest BCUT2D eigenvalue weighted by Gasteiger charge is -2.13. The fourth-order valence-corrected chi connectivity index (χ4v) is 2.37. The van der Waals surface area contributed by atoms with Crippen LogP contribution >= 0.6 is 0 Å². The highest BCUT2D eigenvalue weighted by Gasteiger charge is 2.51. The van der Waals surface area contributed by atoms with E-state index in [1.807, 2.05) is 18.2 Å². The molecule has 0 amide bonds. The number of hydrogen-bond acceptors (Lipinski definition) is 3. The molecule has 1 saturated carbocycles. The van der Waals surface area contributed by atoms with Gasteiger partial charge in [0.2, 0.25) is 0 Å². The zero-order valence-electron chi connectivity index (χ0n) is 8.60. The average molecular weight is 203 g/mol. The first-order valence-electron chi connectivity index (χ1n) is 5.21. The summed E-state index contributed by atoms with van der Waals surface area (Å²) >= 11 is 0.